The Morgan fingerprint density at radius 2 is 1.50 bits per heavy atom. The van der Waals surface area contributed by atoms with Crippen LogP contribution in [0.1, 0.15) is 34.3 Å². The third kappa shape index (κ3) is 4.94. The minimum absolute atomic E-state index is 0.00652. The van der Waals surface area contributed by atoms with Gasteiger partial charge >= 0.3 is 0 Å². The molecule has 30 heavy (non-hydrogen) atoms. The average Bonchev–Trinajstić information content (AvgIpc) is 2.83. The van der Waals surface area contributed by atoms with Gasteiger partial charge in [-0.1, -0.05) is 72.8 Å². The molecule has 0 radical (unpaired) electrons. The summed E-state index contributed by atoms with van der Waals surface area (Å²) in [6, 6.07) is 28.7. The third-order valence-electron chi connectivity index (χ3n) is 5.79. The number of carbonyl (C=O) groups is 1. The van der Waals surface area contributed by atoms with Crippen LogP contribution in [0.2, 0.25) is 0 Å². The molecule has 3 nitrogen and oxygen atoms in total. The van der Waals surface area contributed by atoms with Gasteiger partial charge in [-0.25, -0.2) is 0 Å². The summed E-state index contributed by atoms with van der Waals surface area (Å²) in [6.07, 6.45) is 1.84. The zero-order valence-corrected chi connectivity index (χ0v) is 17.9. The van der Waals surface area contributed by atoms with Gasteiger partial charge in [0.1, 0.15) is 0 Å². The summed E-state index contributed by atoms with van der Waals surface area (Å²) in [5.74, 6) is 0.837. The Hall–Kier alpha value is -2.56. The van der Waals surface area contributed by atoms with Crippen molar-refractivity contribution in [2.24, 2.45) is 0 Å². The lowest BCUT2D eigenvalue weighted by molar-refractivity contribution is 0.0487. The predicted molar refractivity (Wildman–Crippen MR) is 123 cm³/mol. The third-order valence-corrected chi connectivity index (χ3v) is 6.94. The largest absolute Gasteiger partial charge is 0.381 e. The lowest BCUT2D eigenvalue weighted by Gasteiger charge is -2.38. The molecule has 0 saturated carbocycles. The number of amides is 1. The van der Waals surface area contributed by atoms with Crippen LogP contribution in [0.4, 0.5) is 0 Å². The topological polar surface area (TPSA) is 38.3 Å². The van der Waals surface area contributed by atoms with Crippen molar-refractivity contribution >= 4 is 17.7 Å². The molecule has 1 N–H and O–H groups in total. The number of benzene rings is 3. The van der Waals surface area contributed by atoms with Crippen molar-refractivity contribution in [2.45, 2.75) is 28.9 Å². The van der Waals surface area contributed by atoms with E-state index in [1.807, 2.05) is 48.5 Å². The normalized spacial score (nSPS) is 15.5. The van der Waals surface area contributed by atoms with Gasteiger partial charge in [0.25, 0.3) is 5.91 Å². The number of hydrogen-bond acceptors (Lipinski definition) is 3. The van der Waals surface area contributed by atoms with Crippen LogP contribution < -0.4 is 5.32 Å². The smallest absolute Gasteiger partial charge is 0.252 e. The van der Waals surface area contributed by atoms with Gasteiger partial charge in [-0.15, -0.1) is 11.8 Å². The molecular formula is C26H27NO2S. The van der Waals surface area contributed by atoms with Crippen molar-refractivity contribution in [3.63, 3.8) is 0 Å². The predicted octanol–water partition coefficient (Wildman–Crippen LogP) is 5.46. The number of ether oxygens (including phenoxy) is 1. The molecule has 0 bridgehead atoms. The van der Waals surface area contributed by atoms with E-state index in [0.29, 0.717) is 6.54 Å². The molecule has 1 aliphatic rings. The van der Waals surface area contributed by atoms with E-state index in [0.717, 1.165) is 42.3 Å². The Morgan fingerprint density at radius 1 is 0.867 bits per heavy atom. The molecule has 1 fully saturated rings. The van der Waals surface area contributed by atoms with Crippen LogP contribution >= 0.6 is 11.8 Å². The first-order chi connectivity index (χ1) is 14.8. The van der Waals surface area contributed by atoms with Crippen molar-refractivity contribution in [2.75, 3.05) is 19.8 Å². The fourth-order valence-corrected chi connectivity index (χ4v) is 4.99. The van der Waals surface area contributed by atoms with E-state index in [1.54, 1.807) is 11.8 Å². The highest BCUT2D eigenvalue weighted by Crippen LogP contribution is 2.34. The molecule has 0 aliphatic carbocycles. The second kappa shape index (κ2) is 9.96. The van der Waals surface area contributed by atoms with Crippen LogP contribution in [0.15, 0.2) is 89.8 Å². The SMILES string of the molecule is O=C(NCC1(c2ccccc2)CCOCC1)c1ccccc1SCc1ccccc1. The standard InChI is InChI=1S/C26H27NO2S/c28-25(23-13-7-8-14-24(23)30-19-21-9-3-1-4-10-21)27-20-26(15-17-29-18-16-26)22-11-5-2-6-12-22/h1-14H,15-20H2,(H,27,28). The number of hydrogen-bond donors (Lipinski definition) is 1. The maximum Gasteiger partial charge on any atom is 0.252 e. The molecule has 1 amide bonds. The molecule has 1 saturated heterocycles. The van der Waals surface area contributed by atoms with Gasteiger partial charge in [-0.2, -0.15) is 0 Å². The molecule has 1 aliphatic heterocycles. The van der Waals surface area contributed by atoms with Gasteiger partial charge in [-0.05, 0) is 36.1 Å². The quantitative estimate of drug-likeness (QED) is 0.519. The molecule has 154 valence electrons. The Kier molecular flexibility index (Phi) is 6.88. The summed E-state index contributed by atoms with van der Waals surface area (Å²) >= 11 is 1.70. The monoisotopic (exact) mass is 417 g/mol. The lowest BCUT2D eigenvalue weighted by atomic mass is 9.74. The van der Waals surface area contributed by atoms with Gasteiger partial charge in [0, 0.05) is 35.8 Å². The van der Waals surface area contributed by atoms with E-state index in [9.17, 15) is 4.79 Å². The first-order valence-corrected chi connectivity index (χ1v) is 11.4. The van der Waals surface area contributed by atoms with Gasteiger partial charge < -0.3 is 10.1 Å². The van der Waals surface area contributed by atoms with E-state index >= 15 is 0 Å². The van der Waals surface area contributed by atoms with Crippen molar-refractivity contribution in [1.29, 1.82) is 0 Å². The first-order valence-electron chi connectivity index (χ1n) is 10.4. The van der Waals surface area contributed by atoms with E-state index in [-0.39, 0.29) is 11.3 Å². The lowest BCUT2D eigenvalue weighted by Crippen LogP contribution is -2.44. The molecule has 4 heteroatoms. The van der Waals surface area contributed by atoms with E-state index < -0.39 is 0 Å². The van der Waals surface area contributed by atoms with Crippen LogP contribution in [-0.4, -0.2) is 25.7 Å². The highest BCUT2D eigenvalue weighted by molar-refractivity contribution is 7.98. The number of carbonyl (C=O) groups excluding carboxylic acids is 1. The summed E-state index contributed by atoms with van der Waals surface area (Å²) in [5, 5.41) is 3.24. The minimum Gasteiger partial charge on any atom is -0.381 e. The Morgan fingerprint density at radius 3 is 2.23 bits per heavy atom. The van der Waals surface area contributed by atoms with Crippen LogP contribution in [-0.2, 0) is 15.9 Å². The zero-order chi connectivity index (χ0) is 20.7. The Bertz CT molecular complexity index is 953. The molecule has 1 heterocycles. The van der Waals surface area contributed by atoms with Crippen LogP contribution in [0, 0.1) is 0 Å². The van der Waals surface area contributed by atoms with Crippen molar-refractivity contribution in [3.8, 4) is 0 Å². The zero-order valence-electron chi connectivity index (χ0n) is 17.1. The molecule has 0 unspecified atom stereocenters. The fraction of sp³-hybridized carbons (Fsp3) is 0.269. The van der Waals surface area contributed by atoms with E-state index in [4.69, 9.17) is 4.74 Å². The second-order valence-electron chi connectivity index (χ2n) is 7.71. The Balaban J connectivity index is 1.47. The Labute approximate surface area is 182 Å². The number of thioether (sulfide) groups is 1. The molecule has 0 atom stereocenters. The van der Waals surface area contributed by atoms with Gasteiger partial charge in [-0.3, -0.25) is 4.79 Å². The second-order valence-corrected chi connectivity index (χ2v) is 8.73. The van der Waals surface area contributed by atoms with Crippen molar-refractivity contribution in [1.82, 2.24) is 5.32 Å². The van der Waals surface area contributed by atoms with Crippen LogP contribution in [0.25, 0.3) is 0 Å². The van der Waals surface area contributed by atoms with Crippen LogP contribution in [0.5, 0.6) is 0 Å². The first kappa shape index (κ1) is 20.7. The summed E-state index contributed by atoms with van der Waals surface area (Å²) in [6.45, 7) is 2.08. The summed E-state index contributed by atoms with van der Waals surface area (Å²) < 4.78 is 5.61. The highest BCUT2D eigenvalue weighted by Gasteiger charge is 2.34. The van der Waals surface area contributed by atoms with Crippen molar-refractivity contribution in [3.05, 3.63) is 102 Å². The maximum absolute atomic E-state index is 13.1. The summed E-state index contributed by atoms with van der Waals surface area (Å²) in [7, 11) is 0. The molecule has 3 aromatic carbocycles. The number of rotatable bonds is 7. The van der Waals surface area contributed by atoms with Gasteiger partial charge in [0.05, 0.1) is 5.56 Å². The van der Waals surface area contributed by atoms with E-state index in [1.165, 1.54) is 11.1 Å². The van der Waals surface area contributed by atoms with Gasteiger partial charge in [0.15, 0.2) is 0 Å². The summed E-state index contributed by atoms with van der Waals surface area (Å²) in [4.78, 5) is 14.2. The number of nitrogens with one attached hydrogen (secondary N) is 1. The summed E-state index contributed by atoms with van der Waals surface area (Å²) in [5.41, 5.74) is 3.21. The fourth-order valence-electron chi connectivity index (χ4n) is 3.98. The highest BCUT2D eigenvalue weighted by atomic mass is 32.2. The minimum atomic E-state index is -0.0682. The molecule has 0 aromatic heterocycles. The molecule has 0 spiro atoms. The van der Waals surface area contributed by atoms with Gasteiger partial charge in [0.2, 0.25) is 0 Å². The van der Waals surface area contributed by atoms with Crippen molar-refractivity contribution < 1.29 is 9.53 Å². The molecule has 3 aromatic rings. The van der Waals surface area contributed by atoms with Crippen LogP contribution in [0.3, 0.4) is 0 Å². The maximum atomic E-state index is 13.1. The van der Waals surface area contributed by atoms with E-state index in [2.05, 4.69) is 41.7 Å². The molecule has 4 rings (SSSR count). The average molecular weight is 418 g/mol. The molecular weight excluding hydrogens is 390 g/mol.